The lowest BCUT2D eigenvalue weighted by molar-refractivity contribution is 0.0908. The molecule has 2 unspecified atom stereocenters. The first-order valence-corrected chi connectivity index (χ1v) is 6.99. The van der Waals surface area contributed by atoms with Gasteiger partial charge in [-0.15, -0.1) is 0 Å². The van der Waals surface area contributed by atoms with Crippen LogP contribution in [0.2, 0.25) is 0 Å². The molecular weight excluding hydrogens is 258 g/mol. The van der Waals surface area contributed by atoms with Crippen molar-refractivity contribution < 1.29 is 9.90 Å². The molecule has 0 radical (unpaired) electrons. The Balaban J connectivity index is 2.80. The van der Waals surface area contributed by atoms with E-state index in [9.17, 15) is 9.59 Å². The van der Waals surface area contributed by atoms with Gasteiger partial charge in [0.05, 0.1) is 0 Å². The van der Waals surface area contributed by atoms with Crippen LogP contribution in [0.4, 0.5) is 0 Å². The van der Waals surface area contributed by atoms with Crippen LogP contribution in [0.5, 0.6) is 0 Å². The van der Waals surface area contributed by atoms with Crippen LogP contribution in [-0.4, -0.2) is 33.4 Å². The zero-order valence-electron chi connectivity index (χ0n) is 12.3. The molecule has 2 atom stereocenters. The summed E-state index contributed by atoms with van der Waals surface area (Å²) in [5, 5.41) is 15.9. The highest BCUT2D eigenvalue weighted by atomic mass is 16.3. The van der Waals surface area contributed by atoms with E-state index in [1.165, 1.54) is 16.8 Å². The van der Waals surface area contributed by atoms with Gasteiger partial charge < -0.3 is 10.4 Å². The maximum atomic E-state index is 12.0. The number of rotatable bonds is 7. The Morgan fingerprint density at radius 3 is 2.75 bits per heavy atom. The van der Waals surface area contributed by atoms with Crippen molar-refractivity contribution in [3.05, 3.63) is 28.2 Å². The highest BCUT2D eigenvalue weighted by Gasteiger charge is 2.16. The van der Waals surface area contributed by atoms with Crippen molar-refractivity contribution in [2.24, 2.45) is 5.92 Å². The topological polar surface area (TPSA) is 84.2 Å². The maximum absolute atomic E-state index is 12.0. The first-order chi connectivity index (χ1) is 9.49. The van der Waals surface area contributed by atoms with Crippen LogP contribution in [0, 0.1) is 5.92 Å². The Kier molecular flexibility index (Phi) is 6.38. The van der Waals surface area contributed by atoms with E-state index in [1.54, 1.807) is 0 Å². The van der Waals surface area contributed by atoms with E-state index in [0.717, 1.165) is 12.8 Å². The van der Waals surface area contributed by atoms with Crippen LogP contribution >= 0.6 is 0 Å². The molecule has 0 bridgehead atoms. The lowest BCUT2D eigenvalue weighted by atomic mass is 10.1. The Morgan fingerprint density at radius 2 is 2.15 bits per heavy atom. The summed E-state index contributed by atoms with van der Waals surface area (Å²) >= 11 is 0. The largest absolute Gasteiger partial charge is 0.396 e. The summed E-state index contributed by atoms with van der Waals surface area (Å²) in [7, 11) is 0. The van der Waals surface area contributed by atoms with Crippen molar-refractivity contribution >= 4 is 5.91 Å². The number of unbranched alkanes of at least 4 members (excludes halogenated alkanes) is 1. The molecule has 0 saturated heterocycles. The fourth-order valence-electron chi connectivity index (χ4n) is 1.62. The molecule has 1 aromatic heterocycles. The third-order valence-electron chi connectivity index (χ3n) is 3.32. The number of hydrogen-bond acceptors (Lipinski definition) is 4. The molecule has 0 aliphatic rings. The van der Waals surface area contributed by atoms with Crippen molar-refractivity contribution in [2.75, 3.05) is 6.61 Å². The summed E-state index contributed by atoms with van der Waals surface area (Å²) in [6.45, 7) is 6.22. The second-order valence-corrected chi connectivity index (χ2v) is 5.06. The molecule has 20 heavy (non-hydrogen) atoms. The van der Waals surface area contributed by atoms with Gasteiger partial charge in [-0.1, -0.05) is 20.3 Å². The average Bonchev–Trinajstić information content (AvgIpc) is 2.45. The van der Waals surface area contributed by atoms with E-state index in [-0.39, 0.29) is 35.7 Å². The van der Waals surface area contributed by atoms with Gasteiger partial charge in [0.1, 0.15) is 5.69 Å². The number of hydrogen-bond donors (Lipinski definition) is 2. The molecule has 2 N–H and O–H groups in total. The Bertz CT molecular complexity index is 499. The van der Waals surface area contributed by atoms with Crippen LogP contribution in [0.3, 0.4) is 0 Å². The molecule has 1 aromatic rings. The van der Waals surface area contributed by atoms with E-state index in [4.69, 9.17) is 5.11 Å². The third kappa shape index (κ3) is 4.45. The minimum absolute atomic E-state index is 0.00483. The van der Waals surface area contributed by atoms with Crippen LogP contribution < -0.4 is 10.9 Å². The van der Waals surface area contributed by atoms with Crippen molar-refractivity contribution in [3.8, 4) is 0 Å². The predicted molar refractivity (Wildman–Crippen MR) is 76.6 cm³/mol. The first kappa shape index (κ1) is 16.4. The lowest BCUT2D eigenvalue weighted by Gasteiger charge is -2.19. The number of aliphatic hydroxyl groups excluding tert-OH is 1. The molecule has 0 aliphatic heterocycles. The highest BCUT2D eigenvalue weighted by molar-refractivity contribution is 5.92. The smallest absolute Gasteiger partial charge is 0.271 e. The number of amides is 1. The second-order valence-electron chi connectivity index (χ2n) is 5.06. The summed E-state index contributed by atoms with van der Waals surface area (Å²) < 4.78 is 1.32. The third-order valence-corrected chi connectivity index (χ3v) is 3.32. The van der Waals surface area contributed by atoms with Gasteiger partial charge in [-0.2, -0.15) is 5.10 Å². The molecule has 0 aliphatic carbocycles. The molecule has 112 valence electrons. The fraction of sp³-hybridized carbons (Fsp3) is 0.643. The summed E-state index contributed by atoms with van der Waals surface area (Å²) in [4.78, 5) is 23.7. The number of carbonyl (C=O) groups is 1. The Hall–Kier alpha value is -1.69. The molecule has 0 saturated carbocycles. The first-order valence-electron chi connectivity index (χ1n) is 6.99. The number of nitrogens with one attached hydrogen (secondary N) is 1. The van der Waals surface area contributed by atoms with E-state index in [0.29, 0.717) is 6.54 Å². The minimum atomic E-state index is -0.331. The number of nitrogens with zero attached hydrogens (tertiary/aromatic N) is 2. The van der Waals surface area contributed by atoms with Crippen LogP contribution in [-0.2, 0) is 6.54 Å². The van der Waals surface area contributed by atoms with Gasteiger partial charge in [0.2, 0.25) is 0 Å². The number of aromatic nitrogens is 2. The number of carbonyl (C=O) groups excluding carboxylic acids is 1. The highest BCUT2D eigenvalue weighted by Crippen LogP contribution is 2.02. The van der Waals surface area contributed by atoms with E-state index in [2.05, 4.69) is 10.4 Å². The molecule has 1 amide bonds. The van der Waals surface area contributed by atoms with Crippen LogP contribution in [0.25, 0.3) is 0 Å². The number of aryl methyl sites for hydroxylation is 1. The van der Waals surface area contributed by atoms with Crippen LogP contribution in [0.1, 0.15) is 44.1 Å². The van der Waals surface area contributed by atoms with Crippen molar-refractivity contribution in [1.29, 1.82) is 0 Å². The SMILES string of the molecule is CCCCn1nc(C(=O)NC(C)C(C)CO)ccc1=O. The average molecular weight is 281 g/mol. The van der Waals surface area contributed by atoms with Gasteiger partial charge in [-0.25, -0.2) is 4.68 Å². The summed E-state index contributed by atoms with van der Waals surface area (Å²) in [6, 6.07) is 2.62. The molecule has 1 heterocycles. The Morgan fingerprint density at radius 1 is 1.45 bits per heavy atom. The zero-order chi connectivity index (χ0) is 15.1. The molecule has 6 heteroatoms. The van der Waals surface area contributed by atoms with Crippen molar-refractivity contribution in [2.45, 2.75) is 46.2 Å². The molecule has 6 nitrogen and oxygen atoms in total. The predicted octanol–water partition coefficient (Wildman–Crippen LogP) is 0.790. The van der Waals surface area contributed by atoms with E-state index in [1.807, 2.05) is 20.8 Å². The molecule has 0 spiro atoms. The van der Waals surface area contributed by atoms with Gasteiger partial charge in [0, 0.05) is 25.3 Å². The zero-order valence-corrected chi connectivity index (χ0v) is 12.3. The fourth-order valence-corrected chi connectivity index (χ4v) is 1.62. The molecule has 0 aromatic carbocycles. The summed E-state index contributed by atoms with van der Waals surface area (Å²) in [5.41, 5.74) is 0.0180. The van der Waals surface area contributed by atoms with Gasteiger partial charge >= 0.3 is 0 Å². The number of aliphatic hydroxyl groups is 1. The van der Waals surface area contributed by atoms with E-state index < -0.39 is 0 Å². The van der Waals surface area contributed by atoms with Crippen molar-refractivity contribution in [3.63, 3.8) is 0 Å². The summed E-state index contributed by atoms with van der Waals surface area (Å²) in [6.07, 6.45) is 1.80. The van der Waals surface area contributed by atoms with E-state index >= 15 is 0 Å². The minimum Gasteiger partial charge on any atom is -0.396 e. The maximum Gasteiger partial charge on any atom is 0.271 e. The molecule has 0 fully saturated rings. The summed E-state index contributed by atoms with van der Waals surface area (Å²) in [5.74, 6) is -0.368. The van der Waals surface area contributed by atoms with Gasteiger partial charge in [0.25, 0.3) is 11.5 Å². The molecular formula is C14H23N3O3. The van der Waals surface area contributed by atoms with Crippen molar-refractivity contribution in [1.82, 2.24) is 15.1 Å². The quantitative estimate of drug-likeness (QED) is 0.774. The second kappa shape index (κ2) is 7.79. The van der Waals surface area contributed by atoms with Gasteiger partial charge in [-0.3, -0.25) is 9.59 Å². The van der Waals surface area contributed by atoms with Crippen LogP contribution in [0.15, 0.2) is 16.9 Å². The standard InChI is InChI=1S/C14H23N3O3/c1-4-5-8-17-13(19)7-6-12(16-17)14(20)15-11(3)10(2)9-18/h6-7,10-11,18H,4-5,8-9H2,1-3H3,(H,15,20). The molecule has 1 rings (SSSR count). The monoisotopic (exact) mass is 281 g/mol. The van der Waals surface area contributed by atoms with Gasteiger partial charge in [-0.05, 0) is 25.3 Å². The normalized spacial score (nSPS) is 13.8. The lowest BCUT2D eigenvalue weighted by Crippen LogP contribution is -2.39. The van der Waals surface area contributed by atoms with Gasteiger partial charge in [0.15, 0.2) is 0 Å². The Labute approximate surface area is 118 Å².